The molecule has 6 heteroatoms. The van der Waals surface area contributed by atoms with E-state index < -0.39 is 21.0 Å². The Morgan fingerprint density at radius 3 is 2.41 bits per heavy atom. The van der Waals surface area contributed by atoms with Crippen molar-refractivity contribution < 1.29 is 28.0 Å². The molecular weight excluding hydrogens is 264 g/mol. The standard InChI is InChI=1S/C11H11ClO4S/c1-8-7-17(16-12(13,14)15)11-6-4-3-5-10(11)9(8)2/h3-7H,1-2H3. The molecule has 17 heavy (non-hydrogen) atoms. The van der Waals surface area contributed by atoms with Gasteiger partial charge in [0.2, 0.25) is 0 Å². The first-order valence-electron chi connectivity index (χ1n) is 4.84. The minimum Gasteiger partial charge on any atom is -0.182 e. The fourth-order valence-electron chi connectivity index (χ4n) is 1.61. The lowest BCUT2D eigenvalue weighted by Gasteiger charge is -2.19. The molecule has 1 aromatic carbocycles. The SMILES string of the molecule is CC1=C(C)c2ccccc2S(O[Cl+3]([O-])([O-])[O-])=C1. The molecule has 1 aliphatic rings. The van der Waals surface area contributed by atoms with Crippen LogP contribution in [0.3, 0.4) is 0 Å². The van der Waals surface area contributed by atoms with Gasteiger partial charge in [-0.1, -0.05) is 18.2 Å². The monoisotopic (exact) mass is 274 g/mol. The molecule has 0 N–H and O–H groups in total. The summed E-state index contributed by atoms with van der Waals surface area (Å²) < 4.78 is 36.5. The van der Waals surface area contributed by atoms with Crippen molar-refractivity contribution in [1.29, 1.82) is 0 Å². The Bertz CT molecular complexity index is 516. The molecule has 0 saturated carbocycles. The normalized spacial score (nSPS) is 19.9. The van der Waals surface area contributed by atoms with E-state index in [2.05, 4.69) is 3.74 Å². The number of fused-ring (bicyclic) bond motifs is 1. The van der Waals surface area contributed by atoms with Gasteiger partial charge in [-0.3, -0.25) is 0 Å². The Hall–Kier alpha value is -0.690. The first-order chi connectivity index (χ1) is 7.88. The molecule has 1 aliphatic heterocycles. The van der Waals surface area contributed by atoms with Crippen LogP contribution in [-0.4, -0.2) is 5.37 Å². The fourth-order valence-corrected chi connectivity index (χ4v) is 3.97. The van der Waals surface area contributed by atoms with Crippen LogP contribution >= 0.6 is 10.8 Å². The van der Waals surface area contributed by atoms with E-state index in [4.69, 9.17) is 0 Å². The first-order valence-corrected chi connectivity index (χ1v) is 7.29. The van der Waals surface area contributed by atoms with Gasteiger partial charge in [-0.25, -0.2) is 0 Å². The third kappa shape index (κ3) is 2.77. The van der Waals surface area contributed by atoms with Crippen molar-refractivity contribution in [3.8, 4) is 0 Å². The van der Waals surface area contributed by atoms with Crippen LogP contribution in [0, 0.1) is 10.2 Å². The number of halogens is 1. The molecule has 0 bridgehead atoms. The number of hydrogen-bond donors (Lipinski definition) is 0. The van der Waals surface area contributed by atoms with Crippen LogP contribution in [0.5, 0.6) is 0 Å². The van der Waals surface area contributed by atoms with Gasteiger partial charge >= 0.3 is 0 Å². The predicted molar refractivity (Wildman–Crippen MR) is 57.7 cm³/mol. The van der Waals surface area contributed by atoms with Gasteiger partial charge in [-0.2, -0.15) is 14.0 Å². The molecule has 0 fully saturated rings. The van der Waals surface area contributed by atoms with Crippen molar-refractivity contribution in [2.75, 3.05) is 0 Å². The molecule has 2 rings (SSSR count). The summed E-state index contributed by atoms with van der Waals surface area (Å²) in [6.07, 6.45) is 0. The van der Waals surface area contributed by atoms with E-state index in [-0.39, 0.29) is 0 Å². The summed E-state index contributed by atoms with van der Waals surface area (Å²) >= 11 is 0. The van der Waals surface area contributed by atoms with Gasteiger partial charge in [-0.05, 0) is 36.6 Å². The summed E-state index contributed by atoms with van der Waals surface area (Å²) in [6.45, 7) is 3.82. The average Bonchev–Trinajstić information content (AvgIpc) is 2.24. The average molecular weight is 275 g/mol. The van der Waals surface area contributed by atoms with Crippen molar-refractivity contribution in [3.63, 3.8) is 0 Å². The van der Waals surface area contributed by atoms with Crippen LogP contribution in [-0.2, 0) is 3.74 Å². The first kappa shape index (κ1) is 12.8. The van der Waals surface area contributed by atoms with Gasteiger partial charge in [0.1, 0.15) is 14.5 Å². The lowest BCUT2D eigenvalue weighted by atomic mass is 10.0. The van der Waals surface area contributed by atoms with E-state index in [0.29, 0.717) is 0 Å². The Morgan fingerprint density at radius 1 is 1.12 bits per heavy atom. The maximum Gasteiger partial charge on any atom is 0.141 e. The van der Waals surface area contributed by atoms with Gasteiger partial charge in [0.25, 0.3) is 0 Å². The topological polar surface area (TPSA) is 78.4 Å². The molecule has 1 aromatic rings. The van der Waals surface area contributed by atoms with Crippen LogP contribution in [0.1, 0.15) is 19.4 Å². The number of hydrogen-bond acceptors (Lipinski definition) is 4. The minimum absolute atomic E-state index is 0.725. The zero-order valence-electron chi connectivity index (χ0n) is 9.31. The molecular formula is C11H11ClO4S. The van der Waals surface area contributed by atoms with Crippen molar-refractivity contribution >= 4 is 21.7 Å². The highest BCUT2D eigenvalue weighted by atomic mass is 35.7. The van der Waals surface area contributed by atoms with Gasteiger partial charge in [0.15, 0.2) is 0 Å². The lowest BCUT2D eigenvalue weighted by Crippen LogP contribution is -2.60. The summed E-state index contributed by atoms with van der Waals surface area (Å²) in [5, 5.41) is 1.67. The highest BCUT2D eigenvalue weighted by molar-refractivity contribution is 8.11. The second-order valence-corrected chi connectivity index (χ2v) is 6.19. The largest absolute Gasteiger partial charge is 0.182 e. The molecule has 0 saturated heterocycles. The molecule has 0 radical (unpaired) electrons. The minimum atomic E-state index is -4.42. The predicted octanol–water partition coefficient (Wildman–Crippen LogP) is -0.248. The molecule has 4 nitrogen and oxygen atoms in total. The highest BCUT2D eigenvalue weighted by Gasteiger charge is 2.27. The van der Waals surface area contributed by atoms with Crippen molar-refractivity contribution in [1.82, 2.24) is 0 Å². The number of rotatable bonds is 2. The van der Waals surface area contributed by atoms with Crippen LogP contribution < -0.4 is 14.0 Å². The summed E-state index contributed by atoms with van der Waals surface area (Å²) in [5.74, 6) is 0. The maximum atomic E-state index is 10.7. The summed E-state index contributed by atoms with van der Waals surface area (Å²) in [6, 6.07) is 7.31. The lowest BCUT2D eigenvalue weighted by molar-refractivity contribution is -1.91. The van der Waals surface area contributed by atoms with Crippen LogP contribution in [0.2, 0.25) is 0 Å². The maximum absolute atomic E-state index is 10.7. The molecule has 0 aliphatic carbocycles. The molecule has 1 atom stereocenters. The van der Waals surface area contributed by atoms with Gasteiger partial charge in [0.05, 0.1) is 15.1 Å². The van der Waals surface area contributed by atoms with Crippen molar-refractivity contribution in [3.05, 3.63) is 35.4 Å². The Morgan fingerprint density at radius 2 is 1.76 bits per heavy atom. The number of benzene rings is 1. The van der Waals surface area contributed by atoms with E-state index in [9.17, 15) is 14.0 Å². The van der Waals surface area contributed by atoms with E-state index in [1.54, 1.807) is 17.5 Å². The molecule has 92 valence electrons. The number of allylic oxidation sites excluding steroid dienone is 2. The zero-order valence-corrected chi connectivity index (χ0v) is 10.9. The zero-order chi connectivity index (χ0) is 12.6. The van der Waals surface area contributed by atoms with Crippen LogP contribution in [0.15, 0.2) is 34.7 Å². The molecule has 0 aromatic heterocycles. The Labute approximate surface area is 104 Å². The molecule has 1 unspecified atom stereocenters. The van der Waals surface area contributed by atoms with Crippen LogP contribution in [0.4, 0.5) is 0 Å². The van der Waals surface area contributed by atoms with E-state index in [1.165, 1.54) is 0 Å². The van der Waals surface area contributed by atoms with E-state index in [1.807, 2.05) is 26.0 Å². The highest BCUT2D eigenvalue weighted by Crippen LogP contribution is 2.40. The van der Waals surface area contributed by atoms with Crippen molar-refractivity contribution in [2.24, 2.45) is 0 Å². The van der Waals surface area contributed by atoms with E-state index in [0.717, 1.165) is 21.6 Å². The fraction of sp³-hybridized carbons (Fsp3) is 0.182. The third-order valence-electron chi connectivity index (χ3n) is 2.53. The van der Waals surface area contributed by atoms with Crippen LogP contribution in [0.25, 0.3) is 5.57 Å². The summed E-state index contributed by atoms with van der Waals surface area (Å²) in [5.41, 5.74) is 2.91. The molecule has 0 amide bonds. The smallest absolute Gasteiger partial charge is 0.141 e. The Kier molecular flexibility index (Phi) is 3.40. The summed E-state index contributed by atoms with van der Waals surface area (Å²) in [4.78, 5) is 0.725. The van der Waals surface area contributed by atoms with Gasteiger partial charge < -0.3 is 0 Å². The molecule has 1 heterocycles. The van der Waals surface area contributed by atoms with E-state index >= 15 is 0 Å². The summed E-state index contributed by atoms with van der Waals surface area (Å²) in [7, 11) is -5.56. The quantitative estimate of drug-likeness (QED) is 0.697. The van der Waals surface area contributed by atoms with Gasteiger partial charge in [0, 0.05) is 5.37 Å². The second-order valence-electron chi connectivity index (χ2n) is 3.66. The van der Waals surface area contributed by atoms with Gasteiger partial charge in [-0.15, -0.1) is 0 Å². The Balaban J connectivity index is 2.52. The van der Waals surface area contributed by atoms with Crippen molar-refractivity contribution in [2.45, 2.75) is 18.7 Å². The third-order valence-corrected chi connectivity index (χ3v) is 5.05. The second kappa shape index (κ2) is 4.53. The molecule has 0 spiro atoms.